The molecule has 0 saturated heterocycles. The Labute approximate surface area is 108 Å². The van der Waals surface area contributed by atoms with Gasteiger partial charge < -0.3 is 9.84 Å². The third kappa shape index (κ3) is 3.04. The molecule has 0 spiro atoms. The second kappa shape index (κ2) is 5.14. The molecule has 0 unspecified atom stereocenters. The molecular formula is C11H11ClN4O2. The fourth-order valence-electron chi connectivity index (χ4n) is 1.43. The number of nitrogens with one attached hydrogen (secondary N) is 1. The molecule has 0 bridgehead atoms. The maximum absolute atomic E-state index is 11.8. The van der Waals surface area contributed by atoms with E-state index < -0.39 is 0 Å². The van der Waals surface area contributed by atoms with Gasteiger partial charge >= 0.3 is 0 Å². The number of amides is 1. The third-order valence-corrected chi connectivity index (χ3v) is 2.35. The van der Waals surface area contributed by atoms with Crippen molar-refractivity contribution in [3.63, 3.8) is 0 Å². The van der Waals surface area contributed by atoms with E-state index in [-0.39, 0.29) is 17.6 Å². The van der Waals surface area contributed by atoms with Gasteiger partial charge in [0.05, 0.1) is 6.54 Å². The van der Waals surface area contributed by atoms with Crippen LogP contribution >= 0.6 is 11.6 Å². The van der Waals surface area contributed by atoms with Crippen molar-refractivity contribution in [3.05, 3.63) is 40.3 Å². The van der Waals surface area contributed by atoms with Crippen LogP contribution in [0.15, 0.2) is 16.7 Å². The molecule has 2 aromatic heterocycles. The van der Waals surface area contributed by atoms with Gasteiger partial charge in [0.15, 0.2) is 5.82 Å². The summed E-state index contributed by atoms with van der Waals surface area (Å²) in [6.07, 6.45) is 0. The first-order chi connectivity index (χ1) is 8.54. The zero-order valence-electron chi connectivity index (χ0n) is 9.90. The van der Waals surface area contributed by atoms with E-state index in [0.29, 0.717) is 23.0 Å². The number of hydrogen-bond acceptors (Lipinski definition) is 5. The van der Waals surface area contributed by atoms with E-state index in [1.807, 2.05) is 0 Å². The van der Waals surface area contributed by atoms with Crippen molar-refractivity contribution in [3.8, 4) is 0 Å². The fraction of sp³-hybridized carbons (Fsp3) is 0.273. The van der Waals surface area contributed by atoms with Crippen LogP contribution in [0.5, 0.6) is 0 Å². The number of rotatable bonds is 3. The fourth-order valence-corrected chi connectivity index (χ4v) is 1.68. The van der Waals surface area contributed by atoms with Crippen LogP contribution in [0.1, 0.15) is 27.8 Å². The molecule has 6 nitrogen and oxygen atoms in total. The standard InChI is InChI=1S/C11H11ClN4O2/c1-6-3-8(4-9(12)14-6)11(17)13-5-10-15-7(2)18-16-10/h3-4H,5H2,1-2H3,(H,13,17). The summed E-state index contributed by atoms with van der Waals surface area (Å²) in [4.78, 5) is 19.8. The van der Waals surface area contributed by atoms with Crippen molar-refractivity contribution in [2.24, 2.45) is 0 Å². The van der Waals surface area contributed by atoms with E-state index in [1.165, 1.54) is 6.07 Å². The van der Waals surface area contributed by atoms with Crippen molar-refractivity contribution >= 4 is 17.5 Å². The van der Waals surface area contributed by atoms with E-state index in [2.05, 4.69) is 20.4 Å². The summed E-state index contributed by atoms with van der Waals surface area (Å²) in [5.41, 5.74) is 1.13. The Kier molecular flexibility index (Phi) is 3.57. The van der Waals surface area contributed by atoms with Crippen molar-refractivity contribution in [2.75, 3.05) is 0 Å². The van der Waals surface area contributed by atoms with Crippen molar-refractivity contribution < 1.29 is 9.32 Å². The van der Waals surface area contributed by atoms with Gasteiger partial charge in [-0.1, -0.05) is 16.8 Å². The van der Waals surface area contributed by atoms with Gasteiger partial charge in [-0.15, -0.1) is 0 Å². The number of pyridine rings is 1. The molecule has 0 atom stereocenters. The molecule has 0 aromatic carbocycles. The topological polar surface area (TPSA) is 80.9 Å². The largest absolute Gasteiger partial charge is 0.345 e. The Morgan fingerprint density at radius 2 is 2.17 bits per heavy atom. The lowest BCUT2D eigenvalue weighted by molar-refractivity contribution is 0.0949. The third-order valence-electron chi connectivity index (χ3n) is 2.16. The SMILES string of the molecule is Cc1cc(C(=O)NCc2noc(C)n2)cc(Cl)n1. The van der Waals surface area contributed by atoms with Crippen LogP contribution in [-0.4, -0.2) is 21.0 Å². The molecule has 0 radical (unpaired) electrons. The summed E-state index contributed by atoms with van der Waals surface area (Å²) in [7, 11) is 0. The van der Waals surface area contributed by atoms with Gasteiger partial charge in [-0.25, -0.2) is 4.98 Å². The molecule has 1 amide bonds. The van der Waals surface area contributed by atoms with E-state index in [4.69, 9.17) is 16.1 Å². The first-order valence-electron chi connectivity index (χ1n) is 5.26. The van der Waals surface area contributed by atoms with Crippen LogP contribution in [0.2, 0.25) is 5.15 Å². The van der Waals surface area contributed by atoms with Crippen LogP contribution in [0.3, 0.4) is 0 Å². The van der Waals surface area contributed by atoms with E-state index in [9.17, 15) is 4.79 Å². The highest BCUT2D eigenvalue weighted by molar-refractivity contribution is 6.29. The van der Waals surface area contributed by atoms with E-state index in [1.54, 1.807) is 19.9 Å². The maximum Gasteiger partial charge on any atom is 0.251 e. The van der Waals surface area contributed by atoms with Gasteiger partial charge in [0.25, 0.3) is 5.91 Å². The Morgan fingerprint density at radius 3 is 2.78 bits per heavy atom. The number of aromatic nitrogens is 3. The van der Waals surface area contributed by atoms with E-state index in [0.717, 1.165) is 0 Å². The monoisotopic (exact) mass is 266 g/mol. The van der Waals surface area contributed by atoms with Crippen molar-refractivity contribution in [1.29, 1.82) is 0 Å². The Bertz CT molecular complexity index is 562. The molecule has 0 fully saturated rings. The van der Waals surface area contributed by atoms with Gasteiger partial charge in [-0.05, 0) is 19.1 Å². The smallest absolute Gasteiger partial charge is 0.251 e. The lowest BCUT2D eigenvalue weighted by atomic mass is 10.2. The Morgan fingerprint density at radius 1 is 1.39 bits per heavy atom. The number of halogens is 1. The van der Waals surface area contributed by atoms with Crippen LogP contribution in [-0.2, 0) is 6.54 Å². The van der Waals surface area contributed by atoms with Crippen molar-refractivity contribution in [2.45, 2.75) is 20.4 Å². The predicted molar refractivity (Wildman–Crippen MR) is 64.2 cm³/mol. The predicted octanol–water partition coefficient (Wildman–Crippen LogP) is 1.66. The van der Waals surface area contributed by atoms with Crippen LogP contribution in [0.4, 0.5) is 0 Å². The van der Waals surface area contributed by atoms with Gasteiger partial charge in [0.1, 0.15) is 5.15 Å². The molecular weight excluding hydrogens is 256 g/mol. The lowest BCUT2D eigenvalue weighted by Gasteiger charge is -2.03. The zero-order valence-corrected chi connectivity index (χ0v) is 10.7. The first kappa shape index (κ1) is 12.5. The molecule has 1 N–H and O–H groups in total. The molecule has 0 saturated carbocycles. The Balaban J connectivity index is 2.03. The van der Waals surface area contributed by atoms with Gasteiger partial charge in [0, 0.05) is 18.2 Å². The minimum Gasteiger partial charge on any atom is -0.345 e. The van der Waals surface area contributed by atoms with Gasteiger partial charge in [0.2, 0.25) is 5.89 Å². The number of carbonyl (C=O) groups is 1. The van der Waals surface area contributed by atoms with Crippen LogP contribution in [0.25, 0.3) is 0 Å². The van der Waals surface area contributed by atoms with Crippen LogP contribution in [0, 0.1) is 13.8 Å². The molecule has 0 aliphatic carbocycles. The second-order valence-electron chi connectivity index (χ2n) is 3.73. The molecule has 7 heteroatoms. The molecule has 0 aliphatic rings. The molecule has 2 heterocycles. The Hall–Kier alpha value is -1.95. The second-order valence-corrected chi connectivity index (χ2v) is 4.12. The number of hydrogen-bond donors (Lipinski definition) is 1. The minimum absolute atomic E-state index is 0.204. The first-order valence-corrected chi connectivity index (χ1v) is 5.64. The quantitative estimate of drug-likeness (QED) is 0.855. The normalized spacial score (nSPS) is 10.4. The number of nitrogens with zero attached hydrogens (tertiary/aromatic N) is 3. The molecule has 94 valence electrons. The van der Waals surface area contributed by atoms with E-state index >= 15 is 0 Å². The highest BCUT2D eigenvalue weighted by atomic mass is 35.5. The van der Waals surface area contributed by atoms with Gasteiger partial charge in [-0.2, -0.15) is 4.98 Å². The maximum atomic E-state index is 11.8. The molecule has 2 aromatic rings. The van der Waals surface area contributed by atoms with Crippen molar-refractivity contribution in [1.82, 2.24) is 20.4 Å². The summed E-state index contributed by atoms with van der Waals surface area (Å²) >= 11 is 5.78. The number of aryl methyl sites for hydroxylation is 2. The highest BCUT2D eigenvalue weighted by Crippen LogP contribution is 2.10. The van der Waals surface area contributed by atoms with Crippen LogP contribution < -0.4 is 5.32 Å². The summed E-state index contributed by atoms with van der Waals surface area (Å²) in [6.45, 7) is 3.66. The summed E-state index contributed by atoms with van der Waals surface area (Å²) in [6, 6.07) is 3.16. The minimum atomic E-state index is -0.259. The molecule has 2 rings (SSSR count). The average molecular weight is 267 g/mol. The molecule has 0 aliphatic heterocycles. The summed E-state index contributed by atoms with van der Waals surface area (Å²) in [5, 5.41) is 6.64. The average Bonchev–Trinajstić information content (AvgIpc) is 2.70. The highest BCUT2D eigenvalue weighted by Gasteiger charge is 2.09. The lowest BCUT2D eigenvalue weighted by Crippen LogP contribution is -2.23. The summed E-state index contributed by atoms with van der Waals surface area (Å²) < 4.78 is 4.80. The summed E-state index contributed by atoms with van der Waals surface area (Å²) in [5.74, 6) is 0.629. The molecule has 18 heavy (non-hydrogen) atoms. The van der Waals surface area contributed by atoms with Gasteiger partial charge in [-0.3, -0.25) is 4.79 Å². The number of carbonyl (C=O) groups excluding carboxylic acids is 1. The zero-order chi connectivity index (χ0) is 13.1.